The molecule has 5 rings (SSSR count). The summed E-state index contributed by atoms with van der Waals surface area (Å²) < 4.78 is 8.31. The van der Waals surface area contributed by atoms with E-state index in [9.17, 15) is 4.79 Å². The molecule has 0 saturated carbocycles. The standard InChI is InChI=1S/C23H20ClN3O2S/c24-17-3-1-15(2-4-17)20-13-16-9-12-27(23(28)22(16)30-20)18-5-6-21(26-14-18)29-19-7-10-25-11-8-19/h1-6,9,12-14,19,25H,7-8,10-11H2. The summed E-state index contributed by atoms with van der Waals surface area (Å²) in [5, 5.41) is 4.95. The summed E-state index contributed by atoms with van der Waals surface area (Å²) >= 11 is 7.48. The van der Waals surface area contributed by atoms with Crippen LogP contribution >= 0.6 is 22.9 Å². The highest BCUT2D eigenvalue weighted by Crippen LogP contribution is 2.32. The number of hydrogen-bond donors (Lipinski definition) is 1. The lowest BCUT2D eigenvalue weighted by Crippen LogP contribution is -2.34. The summed E-state index contributed by atoms with van der Waals surface area (Å²) in [6.07, 6.45) is 5.65. The molecular weight excluding hydrogens is 418 g/mol. The molecule has 0 spiro atoms. The molecule has 0 radical (unpaired) electrons. The molecule has 4 aromatic rings. The summed E-state index contributed by atoms with van der Waals surface area (Å²) in [5.41, 5.74) is 1.72. The summed E-state index contributed by atoms with van der Waals surface area (Å²) in [5.74, 6) is 0.598. The number of pyridine rings is 2. The normalized spacial score (nSPS) is 14.8. The van der Waals surface area contributed by atoms with Gasteiger partial charge < -0.3 is 10.1 Å². The van der Waals surface area contributed by atoms with Crippen LogP contribution in [0.1, 0.15) is 12.8 Å². The van der Waals surface area contributed by atoms with Gasteiger partial charge in [-0.25, -0.2) is 4.98 Å². The predicted octanol–water partition coefficient (Wildman–Crippen LogP) is 4.90. The van der Waals surface area contributed by atoms with E-state index in [2.05, 4.69) is 10.3 Å². The quantitative estimate of drug-likeness (QED) is 0.493. The minimum absolute atomic E-state index is 0.0495. The average Bonchev–Trinajstić information content (AvgIpc) is 3.21. The van der Waals surface area contributed by atoms with Crippen LogP contribution in [0, 0.1) is 0 Å². The summed E-state index contributed by atoms with van der Waals surface area (Å²) in [6.45, 7) is 1.94. The first-order valence-electron chi connectivity index (χ1n) is 9.92. The summed E-state index contributed by atoms with van der Waals surface area (Å²) in [7, 11) is 0. The Morgan fingerprint density at radius 2 is 1.90 bits per heavy atom. The van der Waals surface area contributed by atoms with Gasteiger partial charge in [0.15, 0.2) is 0 Å². The Morgan fingerprint density at radius 3 is 2.63 bits per heavy atom. The van der Waals surface area contributed by atoms with Crippen molar-refractivity contribution in [1.82, 2.24) is 14.9 Å². The van der Waals surface area contributed by atoms with Crippen LogP contribution in [0.4, 0.5) is 0 Å². The van der Waals surface area contributed by atoms with Crippen molar-refractivity contribution in [3.8, 4) is 22.0 Å². The van der Waals surface area contributed by atoms with Crippen molar-refractivity contribution in [3.63, 3.8) is 0 Å². The van der Waals surface area contributed by atoms with Crippen molar-refractivity contribution in [1.29, 1.82) is 0 Å². The molecular formula is C23H20ClN3O2S. The molecule has 1 aliphatic rings. The Labute approximate surface area is 182 Å². The first-order chi connectivity index (χ1) is 14.7. The number of fused-ring (bicyclic) bond motifs is 1. The fourth-order valence-corrected chi connectivity index (χ4v) is 4.87. The maximum Gasteiger partial charge on any atom is 0.273 e. The van der Waals surface area contributed by atoms with E-state index in [-0.39, 0.29) is 11.7 Å². The molecule has 0 atom stereocenters. The monoisotopic (exact) mass is 437 g/mol. The van der Waals surface area contributed by atoms with Gasteiger partial charge in [0.1, 0.15) is 10.8 Å². The van der Waals surface area contributed by atoms with Crippen LogP contribution in [0.3, 0.4) is 0 Å². The molecule has 0 unspecified atom stereocenters. The molecule has 1 saturated heterocycles. The van der Waals surface area contributed by atoms with Gasteiger partial charge in [-0.15, -0.1) is 11.3 Å². The number of aromatic nitrogens is 2. The maximum absolute atomic E-state index is 13.1. The summed E-state index contributed by atoms with van der Waals surface area (Å²) in [4.78, 5) is 18.6. The number of nitrogens with one attached hydrogen (secondary N) is 1. The smallest absolute Gasteiger partial charge is 0.273 e. The topological polar surface area (TPSA) is 56.1 Å². The van der Waals surface area contributed by atoms with Gasteiger partial charge in [-0.1, -0.05) is 23.7 Å². The van der Waals surface area contributed by atoms with Gasteiger partial charge >= 0.3 is 0 Å². The van der Waals surface area contributed by atoms with Crippen LogP contribution in [0.25, 0.3) is 26.2 Å². The van der Waals surface area contributed by atoms with Gasteiger partial charge in [0, 0.05) is 27.5 Å². The number of thiophene rings is 1. The van der Waals surface area contributed by atoms with Gasteiger partial charge in [0.05, 0.1) is 11.9 Å². The molecule has 1 N–H and O–H groups in total. The van der Waals surface area contributed by atoms with Crippen LogP contribution in [-0.2, 0) is 0 Å². The number of ether oxygens (including phenoxy) is 1. The van der Waals surface area contributed by atoms with E-state index in [1.807, 2.05) is 48.5 Å². The Morgan fingerprint density at radius 1 is 1.10 bits per heavy atom. The zero-order valence-corrected chi connectivity index (χ0v) is 17.7. The molecule has 5 nitrogen and oxygen atoms in total. The predicted molar refractivity (Wildman–Crippen MR) is 122 cm³/mol. The molecule has 0 bridgehead atoms. The zero-order valence-electron chi connectivity index (χ0n) is 16.2. The number of benzene rings is 1. The van der Waals surface area contributed by atoms with Gasteiger partial charge in [-0.05, 0) is 61.8 Å². The molecule has 3 aromatic heterocycles. The highest BCUT2D eigenvalue weighted by atomic mass is 35.5. The maximum atomic E-state index is 13.1. The van der Waals surface area contributed by atoms with Crippen LogP contribution in [-0.4, -0.2) is 28.7 Å². The fraction of sp³-hybridized carbons (Fsp3) is 0.217. The molecule has 1 aliphatic heterocycles. The van der Waals surface area contributed by atoms with Crippen LogP contribution in [0.2, 0.25) is 5.02 Å². The fourth-order valence-electron chi connectivity index (χ4n) is 3.66. The van der Waals surface area contributed by atoms with Gasteiger partial charge in [0.25, 0.3) is 5.56 Å². The molecule has 1 fully saturated rings. The first kappa shape index (κ1) is 19.3. The molecule has 0 aliphatic carbocycles. The van der Waals surface area contributed by atoms with Gasteiger partial charge in [-0.3, -0.25) is 9.36 Å². The third-order valence-corrected chi connectivity index (χ3v) is 6.72. The van der Waals surface area contributed by atoms with E-state index >= 15 is 0 Å². The zero-order chi connectivity index (χ0) is 20.5. The number of piperidine rings is 1. The lowest BCUT2D eigenvalue weighted by molar-refractivity contribution is 0.156. The molecule has 0 amide bonds. The van der Waals surface area contributed by atoms with E-state index < -0.39 is 0 Å². The van der Waals surface area contributed by atoms with Crippen LogP contribution in [0.15, 0.2) is 65.7 Å². The highest BCUT2D eigenvalue weighted by molar-refractivity contribution is 7.22. The minimum atomic E-state index is -0.0495. The van der Waals surface area contributed by atoms with Crippen LogP contribution < -0.4 is 15.6 Å². The Balaban J connectivity index is 1.43. The van der Waals surface area contributed by atoms with Gasteiger partial charge in [-0.2, -0.15) is 0 Å². The average molecular weight is 438 g/mol. The SMILES string of the molecule is O=c1c2sc(-c3ccc(Cl)cc3)cc2ccn1-c1ccc(OC2CCNCC2)nc1. The molecule has 30 heavy (non-hydrogen) atoms. The number of halogens is 1. The van der Waals surface area contributed by atoms with E-state index in [0.717, 1.165) is 52.1 Å². The van der Waals surface area contributed by atoms with Crippen molar-refractivity contribution >= 4 is 33.0 Å². The van der Waals surface area contributed by atoms with E-state index in [1.54, 1.807) is 17.0 Å². The highest BCUT2D eigenvalue weighted by Gasteiger charge is 2.15. The van der Waals surface area contributed by atoms with Crippen molar-refractivity contribution in [2.24, 2.45) is 0 Å². The van der Waals surface area contributed by atoms with E-state index in [4.69, 9.17) is 16.3 Å². The largest absolute Gasteiger partial charge is 0.474 e. The molecule has 7 heteroatoms. The summed E-state index contributed by atoms with van der Waals surface area (Å²) in [6, 6.07) is 15.4. The Kier molecular flexibility index (Phi) is 5.29. The van der Waals surface area contributed by atoms with E-state index in [0.29, 0.717) is 10.9 Å². The van der Waals surface area contributed by atoms with Crippen molar-refractivity contribution in [3.05, 3.63) is 76.3 Å². The third kappa shape index (κ3) is 3.86. The van der Waals surface area contributed by atoms with Gasteiger partial charge in [0.2, 0.25) is 5.88 Å². The first-order valence-corrected chi connectivity index (χ1v) is 11.1. The Bertz CT molecular complexity index is 1230. The number of hydrogen-bond acceptors (Lipinski definition) is 5. The molecule has 4 heterocycles. The minimum Gasteiger partial charge on any atom is -0.474 e. The lowest BCUT2D eigenvalue weighted by atomic mass is 10.1. The lowest BCUT2D eigenvalue weighted by Gasteiger charge is -2.23. The van der Waals surface area contributed by atoms with Crippen molar-refractivity contribution in [2.75, 3.05) is 13.1 Å². The Hall–Kier alpha value is -2.67. The van der Waals surface area contributed by atoms with Crippen LogP contribution in [0.5, 0.6) is 5.88 Å². The molecule has 152 valence electrons. The second-order valence-electron chi connectivity index (χ2n) is 7.31. The van der Waals surface area contributed by atoms with Crippen molar-refractivity contribution < 1.29 is 4.74 Å². The van der Waals surface area contributed by atoms with E-state index in [1.165, 1.54) is 11.3 Å². The third-order valence-electron chi connectivity index (χ3n) is 5.28. The van der Waals surface area contributed by atoms with Crippen molar-refractivity contribution in [2.45, 2.75) is 18.9 Å². The number of rotatable bonds is 4. The second-order valence-corrected chi connectivity index (χ2v) is 8.80. The second kappa shape index (κ2) is 8.22. The number of nitrogens with zero attached hydrogens (tertiary/aromatic N) is 2. The molecule has 1 aromatic carbocycles.